The normalized spacial score (nSPS) is 17.2. The number of nitrogens with zero attached hydrogens (tertiary/aromatic N) is 3. The molecule has 2 aliphatic heterocycles. The monoisotopic (exact) mass is 464 g/mol. The minimum atomic E-state index is -0.491. The summed E-state index contributed by atoms with van der Waals surface area (Å²) in [5.41, 5.74) is 3.58. The third-order valence-electron chi connectivity index (χ3n) is 5.40. The number of nitrogens with one attached hydrogen (secondary N) is 1. The van der Waals surface area contributed by atoms with Crippen LogP contribution in [-0.2, 0) is 20.9 Å². The SMILES string of the molecule is COC(=O)C1=C(C)N=C2SC=C(CC(=O)NCc3ccncc3)N2C1c1cccc(OC)c1. The zero-order valence-electron chi connectivity index (χ0n) is 18.6. The molecule has 1 aromatic heterocycles. The zero-order chi connectivity index (χ0) is 23.4. The Morgan fingerprint density at radius 1 is 1.18 bits per heavy atom. The van der Waals surface area contributed by atoms with Crippen molar-refractivity contribution in [1.29, 1.82) is 0 Å². The van der Waals surface area contributed by atoms with Crippen molar-refractivity contribution >= 4 is 28.8 Å². The number of ether oxygens (including phenoxy) is 2. The number of carbonyl (C=O) groups is 2. The lowest BCUT2D eigenvalue weighted by atomic mass is 9.93. The van der Waals surface area contributed by atoms with E-state index >= 15 is 0 Å². The molecule has 9 heteroatoms. The lowest BCUT2D eigenvalue weighted by Crippen LogP contribution is -2.37. The number of hydrogen-bond acceptors (Lipinski definition) is 8. The molecular formula is C24H24N4O4S. The molecule has 0 aliphatic carbocycles. The Hall–Kier alpha value is -3.59. The first-order valence-corrected chi connectivity index (χ1v) is 11.2. The van der Waals surface area contributed by atoms with Crippen molar-refractivity contribution in [2.45, 2.75) is 25.9 Å². The predicted molar refractivity (Wildman–Crippen MR) is 126 cm³/mol. The van der Waals surface area contributed by atoms with Crippen LogP contribution in [0, 0.1) is 0 Å². The van der Waals surface area contributed by atoms with Crippen LogP contribution in [0.2, 0.25) is 0 Å². The van der Waals surface area contributed by atoms with Gasteiger partial charge in [0.1, 0.15) is 5.75 Å². The lowest BCUT2D eigenvalue weighted by Gasteiger charge is -2.36. The summed E-state index contributed by atoms with van der Waals surface area (Å²) < 4.78 is 10.5. The minimum absolute atomic E-state index is 0.129. The number of benzene rings is 1. The Bertz CT molecular complexity index is 1160. The second-order valence-corrected chi connectivity index (χ2v) is 8.31. The maximum Gasteiger partial charge on any atom is 0.338 e. The fraction of sp³-hybridized carbons (Fsp3) is 0.250. The van der Waals surface area contributed by atoms with E-state index in [4.69, 9.17) is 9.47 Å². The van der Waals surface area contributed by atoms with Gasteiger partial charge >= 0.3 is 5.97 Å². The summed E-state index contributed by atoms with van der Waals surface area (Å²) in [6, 6.07) is 10.7. The molecule has 0 saturated heterocycles. The van der Waals surface area contributed by atoms with Crippen LogP contribution in [0.1, 0.15) is 30.5 Å². The van der Waals surface area contributed by atoms with Crippen LogP contribution in [0.5, 0.6) is 5.75 Å². The largest absolute Gasteiger partial charge is 0.497 e. The number of carbonyl (C=O) groups excluding carboxylic acids is 2. The summed E-state index contributed by atoms with van der Waals surface area (Å²) in [4.78, 5) is 36.1. The Kier molecular flexibility index (Phi) is 6.79. The van der Waals surface area contributed by atoms with Gasteiger partial charge in [-0.15, -0.1) is 0 Å². The summed E-state index contributed by atoms with van der Waals surface area (Å²) in [5, 5.41) is 5.56. The number of hydrogen-bond donors (Lipinski definition) is 1. The van der Waals surface area contributed by atoms with Gasteiger partial charge < -0.3 is 19.7 Å². The molecule has 170 valence electrons. The van der Waals surface area contributed by atoms with E-state index < -0.39 is 12.0 Å². The highest BCUT2D eigenvalue weighted by Gasteiger charge is 2.41. The summed E-state index contributed by atoms with van der Waals surface area (Å²) in [5.74, 6) is 0.0858. The van der Waals surface area contributed by atoms with Gasteiger partial charge in [0.05, 0.1) is 38.0 Å². The average Bonchev–Trinajstić information content (AvgIpc) is 3.23. The van der Waals surface area contributed by atoms with Gasteiger partial charge in [0.15, 0.2) is 5.17 Å². The van der Waals surface area contributed by atoms with Crippen LogP contribution in [0.15, 0.2) is 76.2 Å². The molecule has 33 heavy (non-hydrogen) atoms. The molecule has 0 fully saturated rings. The molecule has 1 atom stereocenters. The van der Waals surface area contributed by atoms with Gasteiger partial charge in [-0.25, -0.2) is 9.79 Å². The van der Waals surface area contributed by atoms with Crippen LogP contribution >= 0.6 is 11.8 Å². The van der Waals surface area contributed by atoms with E-state index in [1.54, 1.807) is 26.4 Å². The summed E-state index contributed by atoms with van der Waals surface area (Å²) in [6.45, 7) is 2.21. The molecule has 0 spiro atoms. The van der Waals surface area contributed by atoms with Gasteiger partial charge in [-0.1, -0.05) is 23.9 Å². The van der Waals surface area contributed by atoms with Crippen LogP contribution in [0.4, 0.5) is 0 Å². The van der Waals surface area contributed by atoms with E-state index in [-0.39, 0.29) is 12.3 Å². The van der Waals surface area contributed by atoms with E-state index in [0.29, 0.717) is 28.7 Å². The molecule has 0 bridgehead atoms. The van der Waals surface area contributed by atoms with Crippen LogP contribution in [0.3, 0.4) is 0 Å². The number of aliphatic imine (C=N–C) groups is 1. The lowest BCUT2D eigenvalue weighted by molar-refractivity contribution is -0.136. The van der Waals surface area contributed by atoms with Crippen LogP contribution < -0.4 is 10.1 Å². The van der Waals surface area contributed by atoms with Crippen LogP contribution in [-0.4, -0.2) is 41.1 Å². The van der Waals surface area contributed by atoms with E-state index in [2.05, 4.69) is 15.3 Å². The summed E-state index contributed by atoms with van der Waals surface area (Å²) in [7, 11) is 2.95. The highest BCUT2D eigenvalue weighted by Crippen LogP contribution is 2.45. The number of pyridine rings is 1. The van der Waals surface area contributed by atoms with E-state index in [0.717, 1.165) is 16.8 Å². The zero-order valence-corrected chi connectivity index (χ0v) is 19.4. The van der Waals surface area contributed by atoms with Crippen molar-refractivity contribution in [2.24, 2.45) is 4.99 Å². The molecule has 1 N–H and O–H groups in total. The molecule has 0 radical (unpaired) electrons. The van der Waals surface area contributed by atoms with E-state index in [1.165, 1.54) is 18.9 Å². The number of aromatic nitrogens is 1. The fourth-order valence-corrected chi connectivity index (χ4v) is 4.76. The van der Waals surface area contributed by atoms with E-state index in [9.17, 15) is 9.59 Å². The fourth-order valence-electron chi connectivity index (χ4n) is 3.80. The number of allylic oxidation sites excluding steroid dienone is 1. The van der Waals surface area contributed by atoms with Crippen molar-refractivity contribution in [3.63, 3.8) is 0 Å². The number of methoxy groups -OCH3 is 2. The van der Waals surface area contributed by atoms with Crippen molar-refractivity contribution < 1.29 is 19.1 Å². The molecule has 3 heterocycles. The van der Waals surface area contributed by atoms with Crippen molar-refractivity contribution in [3.8, 4) is 5.75 Å². The summed E-state index contributed by atoms with van der Waals surface area (Å²) in [6.07, 6.45) is 3.52. The molecule has 1 aromatic carbocycles. The van der Waals surface area contributed by atoms with Gasteiger partial charge in [-0.2, -0.15) is 0 Å². The maximum atomic E-state index is 12.8. The Labute approximate surface area is 196 Å². The molecule has 4 rings (SSSR count). The van der Waals surface area contributed by atoms with Gasteiger partial charge in [-0.05, 0) is 47.7 Å². The number of thioether (sulfide) groups is 1. The predicted octanol–water partition coefficient (Wildman–Crippen LogP) is 3.54. The number of amidine groups is 1. The molecule has 2 aromatic rings. The first kappa shape index (κ1) is 22.6. The third kappa shape index (κ3) is 4.78. The van der Waals surface area contributed by atoms with Gasteiger partial charge in [-0.3, -0.25) is 9.78 Å². The minimum Gasteiger partial charge on any atom is -0.497 e. The second-order valence-electron chi connectivity index (χ2n) is 7.47. The van der Waals surface area contributed by atoms with Gasteiger partial charge in [0.2, 0.25) is 5.91 Å². The van der Waals surface area contributed by atoms with Gasteiger partial charge in [0.25, 0.3) is 0 Å². The first-order chi connectivity index (χ1) is 16.0. The highest BCUT2D eigenvalue weighted by molar-refractivity contribution is 8.16. The number of rotatable bonds is 7. The topological polar surface area (TPSA) is 93.1 Å². The number of esters is 1. The molecule has 1 amide bonds. The molecule has 1 unspecified atom stereocenters. The smallest absolute Gasteiger partial charge is 0.338 e. The Morgan fingerprint density at radius 2 is 1.97 bits per heavy atom. The standard InChI is InChI=1S/C24H24N4O4S/c1-15-21(23(30)32-3)22(17-5-4-6-19(11-17)31-2)28-18(14-33-24(28)27-15)12-20(29)26-13-16-7-9-25-10-8-16/h4-11,14,22H,12-13H2,1-3H3,(H,26,29). The van der Waals surface area contributed by atoms with E-state index in [1.807, 2.05) is 46.7 Å². The van der Waals surface area contributed by atoms with Crippen LogP contribution in [0.25, 0.3) is 0 Å². The average molecular weight is 465 g/mol. The highest BCUT2D eigenvalue weighted by atomic mass is 32.2. The first-order valence-electron chi connectivity index (χ1n) is 10.3. The number of fused-ring (bicyclic) bond motifs is 1. The second kappa shape index (κ2) is 9.91. The maximum absolute atomic E-state index is 12.8. The molecule has 8 nitrogen and oxygen atoms in total. The quantitative estimate of drug-likeness (QED) is 0.627. The third-order valence-corrected chi connectivity index (χ3v) is 6.28. The Balaban J connectivity index is 1.62. The van der Waals surface area contributed by atoms with Crippen molar-refractivity contribution in [3.05, 3.63) is 82.3 Å². The molecular weight excluding hydrogens is 440 g/mol. The molecule has 0 saturated carbocycles. The summed E-state index contributed by atoms with van der Waals surface area (Å²) >= 11 is 1.43. The van der Waals surface area contributed by atoms with Crippen molar-refractivity contribution in [2.75, 3.05) is 14.2 Å². The molecule has 2 aliphatic rings. The van der Waals surface area contributed by atoms with Crippen molar-refractivity contribution in [1.82, 2.24) is 15.2 Å². The van der Waals surface area contributed by atoms with Gasteiger partial charge in [0, 0.05) is 24.6 Å². The number of amides is 1. The Morgan fingerprint density at radius 3 is 2.70 bits per heavy atom.